The van der Waals surface area contributed by atoms with Gasteiger partial charge in [0.05, 0.1) is 5.54 Å². The Balaban J connectivity index is 1.94. The second-order valence-corrected chi connectivity index (χ2v) is 6.77. The molecule has 0 spiro atoms. The van der Waals surface area contributed by atoms with Crippen LogP contribution < -0.4 is 16.4 Å². The van der Waals surface area contributed by atoms with Gasteiger partial charge in [0.25, 0.3) is 5.91 Å². The van der Waals surface area contributed by atoms with Crippen molar-refractivity contribution in [3.05, 3.63) is 70.8 Å². The van der Waals surface area contributed by atoms with E-state index in [1.165, 1.54) is 5.56 Å². The SMILES string of the molecule is Cc1ccc(CNC(=O)c2cccc(CNC(=O)C(C)(C)N)c2)cc1. The molecule has 0 heterocycles. The largest absolute Gasteiger partial charge is 0.350 e. The molecule has 0 saturated carbocycles. The molecule has 0 aromatic heterocycles. The fourth-order valence-electron chi connectivity index (χ4n) is 2.22. The predicted molar refractivity (Wildman–Crippen MR) is 98.9 cm³/mol. The topological polar surface area (TPSA) is 84.2 Å². The fourth-order valence-corrected chi connectivity index (χ4v) is 2.22. The van der Waals surface area contributed by atoms with Crippen molar-refractivity contribution in [3.8, 4) is 0 Å². The molecule has 132 valence electrons. The average Bonchev–Trinajstić information content (AvgIpc) is 2.58. The summed E-state index contributed by atoms with van der Waals surface area (Å²) in [5, 5.41) is 5.68. The zero-order chi connectivity index (χ0) is 18.4. The zero-order valence-electron chi connectivity index (χ0n) is 14.9. The second kappa shape index (κ2) is 7.94. The van der Waals surface area contributed by atoms with Crippen LogP contribution in [0.4, 0.5) is 0 Å². The van der Waals surface area contributed by atoms with Crippen LogP contribution in [0.3, 0.4) is 0 Å². The molecule has 2 aromatic rings. The molecule has 2 amide bonds. The number of carbonyl (C=O) groups excluding carboxylic acids is 2. The van der Waals surface area contributed by atoms with Gasteiger partial charge in [0.1, 0.15) is 0 Å². The average molecular weight is 339 g/mol. The Morgan fingerprint density at radius 3 is 2.24 bits per heavy atom. The molecule has 0 aliphatic carbocycles. The number of rotatable bonds is 6. The van der Waals surface area contributed by atoms with E-state index in [1.807, 2.05) is 37.3 Å². The van der Waals surface area contributed by atoms with Crippen LogP contribution in [0, 0.1) is 6.92 Å². The van der Waals surface area contributed by atoms with Crippen molar-refractivity contribution in [2.75, 3.05) is 0 Å². The summed E-state index contributed by atoms with van der Waals surface area (Å²) in [4.78, 5) is 24.1. The number of aryl methyl sites for hydroxylation is 1. The lowest BCUT2D eigenvalue weighted by molar-refractivity contribution is -0.125. The molecule has 0 unspecified atom stereocenters. The maximum absolute atomic E-state index is 12.3. The first-order valence-electron chi connectivity index (χ1n) is 8.25. The van der Waals surface area contributed by atoms with Gasteiger partial charge in [-0.15, -0.1) is 0 Å². The summed E-state index contributed by atoms with van der Waals surface area (Å²) in [5.74, 6) is -0.380. The maximum atomic E-state index is 12.3. The summed E-state index contributed by atoms with van der Waals surface area (Å²) in [7, 11) is 0. The summed E-state index contributed by atoms with van der Waals surface area (Å²) in [6, 6.07) is 15.2. The maximum Gasteiger partial charge on any atom is 0.251 e. The monoisotopic (exact) mass is 339 g/mol. The van der Waals surface area contributed by atoms with Gasteiger partial charge in [0.15, 0.2) is 0 Å². The normalized spacial score (nSPS) is 11.0. The molecule has 25 heavy (non-hydrogen) atoms. The van der Waals surface area contributed by atoms with Gasteiger partial charge < -0.3 is 16.4 Å². The van der Waals surface area contributed by atoms with Crippen LogP contribution in [0.15, 0.2) is 48.5 Å². The molecular formula is C20H25N3O2. The van der Waals surface area contributed by atoms with Crippen molar-refractivity contribution in [3.63, 3.8) is 0 Å². The lowest BCUT2D eigenvalue weighted by Gasteiger charge is -2.17. The molecule has 0 radical (unpaired) electrons. The van der Waals surface area contributed by atoms with Crippen molar-refractivity contribution in [1.29, 1.82) is 0 Å². The third-order valence-electron chi connectivity index (χ3n) is 3.80. The predicted octanol–water partition coefficient (Wildman–Crippen LogP) is 2.28. The van der Waals surface area contributed by atoms with Gasteiger partial charge in [-0.2, -0.15) is 0 Å². The summed E-state index contributed by atoms with van der Waals surface area (Å²) < 4.78 is 0. The van der Waals surface area contributed by atoms with E-state index in [1.54, 1.807) is 32.0 Å². The zero-order valence-corrected chi connectivity index (χ0v) is 14.9. The van der Waals surface area contributed by atoms with Gasteiger partial charge in [-0.05, 0) is 44.0 Å². The Morgan fingerprint density at radius 2 is 1.60 bits per heavy atom. The minimum atomic E-state index is -0.928. The molecule has 0 aliphatic heterocycles. The van der Waals surface area contributed by atoms with Gasteiger partial charge >= 0.3 is 0 Å². The summed E-state index contributed by atoms with van der Waals surface area (Å²) in [5.41, 5.74) is 8.46. The second-order valence-electron chi connectivity index (χ2n) is 6.77. The number of benzene rings is 2. The van der Waals surface area contributed by atoms with E-state index >= 15 is 0 Å². The molecule has 2 aromatic carbocycles. The molecule has 2 rings (SSSR count). The number of nitrogens with one attached hydrogen (secondary N) is 2. The van der Waals surface area contributed by atoms with E-state index < -0.39 is 5.54 Å². The number of carbonyl (C=O) groups is 2. The highest BCUT2D eigenvalue weighted by atomic mass is 16.2. The quantitative estimate of drug-likeness (QED) is 0.755. The number of hydrogen-bond acceptors (Lipinski definition) is 3. The molecule has 0 fully saturated rings. The van der Waals surface area contributed by atoms with Crippen molar-refractivity contribution < 1.29 is 9.59 Å². The molecule has 0 atom stereocenters. The van der Waals surface area contributed by atoms with E-state index in [2.05, 4.69) is 10.6 Å². The van der Waals surface area contributed by atoms with Crippen molar-refractivity contribution in [2.24, 2.45) is 5.73 Å². The number of hydrogen-bond donors (Lipinski definition) is 3. The number of nitrogens with two attached hydrogens (primary N) is 1. The molecule has 5 heteroatoms. The minimum absolute atomic E-state index is 0.145. The summed E-state index contributed by atoms with van der Waals surface area (Å²) in [6.07, 6.45) is 0. The molecule has 0 saturated heterocycles. The Morgan fingerprint density at radius 1 is 0.960 bits per heavy atom. The van der Waals surface area contributed by atoms with E-state index in [0.717, 1.165) is 11.1 Å². The third-order valence-corrected chi connectivity index (χ3v) is 3.80. The molecular weight excluding hydrogens is 314 g/mol. The minimum Gasteiger partial charge on any atom is -0.350 e. The van der Waals surface area contributed by atoms with Gasteiger partial charge in [-0.3, -0.25) is 9.59 Å². The van der Waals surface area contributed by atoms with E-state index in [9.17, 15) is 9.59 Å². The van der Waals surface area contributed by atoms with Crippen LogP contribution in [0.1, 0.15) is 40.9 Å². The highest BCUT2D eigenvalue weighted by Crippen LogP contribution is 2.08. The first kappa shape index (κ1) is 18.7. The van der Waals surface area contributed by atoms with Crippen LogP contribution in [-0.4, -0.2) is 17.4 Å². The fraction of sp³-hybridized carbons (Fsp3) is 0.300. The summed E-state index contributed by atoms with van der Waals surface area (Å²) >= 11 is 0. The molecule has 5 nitrogen and oxygen atoms in total. The van der Waals surface area contributed by atoms with E-state index in [0.29, 0.717) is 18.7 Å². The molecule has 0 aliphatic rings. The highest BCUT2D eigenvalue weighted by molar-refractivity contribution is 5.94. The van der Waals surface area contributed by atoms with Crippen molar-refractivity contribution >= 4 is 11.8 Å². The molecule has 4 N–H and O–H groups in total. The lowest BCUT2D eigenvalue weighted by atomic mass is 10.1. The Kier molecular flexibility index (Phi) is 5.93. The third kappa shape index (κ3) is 5.72. The first-order chi connectivity index (χ1) is 11.8. The standard InChI is InChI=1S/C20H25N3O2/c1-14-7-9-15(10-8-14)12-22-18(24)17-6-4-5-16(11-17)13-23-19(25)20(2,3)21/h4-11H,12-13,21H2,1-3H3,(H,22,24)(H,23,25). The number of amides is 2. The van der Waals surface area contributed by atoms with Gasteiger partial charge in [-0.1, -0.05) is 42.0 Å². The van der Waals surface area contributed by atoms with E-state index in [4.69, 9.17) is 5.73 Å². The van der Waals surface area contributed by atoms with E-state index in [-0.39, 0.29) is 11.8 Å². The molecule has 0 bridgehead atoms. The van der Waals surface area contributed by atoms with Crippen LogP contribution >= 0.6 is 0 Å². The van der Waals surface area contributed by atoms with Gasteiger partial charge in [-0.25, -0.2) is 0 Å². The van der Waals surface area contributed by atoms with Crippen LogP contribution in [-0.2, 0) is 17.9 Å². The van der Waals surface area contributed by atoms with Crippen LogP contribution in [0.25, 0.3) is 0 Å². The van der Waals surface area contributed by atoms with Gasteiger partial charge in [0.2, 0.25) is 5.91 Å². The Labute approximate surface area is 148 Å². The smallest absolute Gasteiger partial charge is 0.251 e. The highest BCUT2D eigenvalue weighted by Gasteiger charge is 2.21. The first-order valence-corrected chi connectivity index (χ1v) is 8.25. The summed E-state index contributed by atoms with van der Waals surface area (Å²) in [6.45, 7) is 6.13. The van der Waals surface area contributed by atoms with Crippen LogP contribution in [0.5, 0.6) is 0 Å². The van der Waals surface area contributed by atoms with Gasteiger partial charge in [0, 0.05) is 18.7 Å². The Hall–Kier alpha value is -2.66. The van der Waals surface area contributed by atoms with Crippen LogP contribution in [0.2, 0.25) is 0 Å². The Bertz CT molecular complexity index is 746. The van der Waals surface area contributed by atoms with Crippen molar-refractivity contribution in [1.82, 2.24) is 10.6 Å². The van der Waals surface area contributed by atoms with Crippen molar-refractivity contribution in [2.45, 2.75) is 39.4 Å². The lowest BCUT2D eigenvalue weighted by Crippen LogP contribution is -2.48.